The fraction of sp³-hybridized carbons (Fsp3) is 0.765. The smallest absolute Gasteiger partial charge is 0.303 e. The average molecular weight is 408 g/mol. The molecule has 11 nitrogen and oxygen atoms in total. The number of hydrogen-bond donors (Lipinski definition) is 1. The summed E-state index contributed by atoms with van der Waals surface area (Å²) in [7, 11) is 0. The summed E-state index contributed by atoms with van der Waals surface area (Å²) < 4.78 is 30.3. The molecule has 0 spiro atoms. The van der Waals surface area contributed by atoms with E-state index < -0.39 is 48.8 Å². The molecule has 0 heterocycles. The number of esters is 4. The largest absolute Gasteiger partial charge is 0.462 e. The van der Waals surface area contributed by atoms with Crippen molar-refractivity contribution >= 4 is 23.9 Å². The zero-order valence-electron chi connectivity index (χ0n) is 16.5. The van der Waals surface area contributed by atoms with Gasteiger partial charge in [-0.15, -0.1) is 0 Å². The van der Waals surface area contributed by atoms with E-state index in [1.54, 1.807) is 0 Å². The van der Waals surface area contributed by atoms with Crippen molar-refractivity contribution in [2.24, 2.45) is 0 Å². The Hall–Kier alpha value is -2.24. The van der Waals surface area contributed by atoms with E-state index in [-0.39, 0.29) is 33.0 Å². The van der Waals surface area contributed by atoms with Crippen molar-refractivity contribution in [2.75, 3.05) is 39.6 Å². The number of carbonyl (C=O) groups excluding carboxylic acids is 4. The normalized spacial score (nSPS) is 13.8. The lowest BCUT2D eigenvalue weighted by Crippen LogP contribution is -2.35. The molecule has 0 saturated heterocycles. The molecule has 11 heteroatoms. The van der Waals surface area contributed by atoms with Crippen LogP contribution in [-0.4, -0.2) is 86.9 Å². The first-order valence-electron chi connectivity index (χ1n) is 8.55. The van der Waals surface area contributed by atoms with Crippen LogP contribution in [0.1, 0.15) is 27.7 Å². The summed E-state index contributed by atoms with van der Waals surface area (Å²) in [6, 6.07) is 0. The Labute approximate surface area is 163 Å². The van der Waals surface area contributed by atoms with E-state index in [2.05, 4.69) is 0 Å². The number of ether oxygens (including phenoxy) is 6. The Balaban J connectivity index is 4.43. The van der Waals surface area contributed by atoms with E-state index in [1.165, 1.54) is 27.7 Å². The van der Waals surface area contributed by atoms with E-state index in [0.29, 0.717) is 0 Å². The fourth-order valence-electron chi connectivity index (χ4n) is 1.85. The van der Waals surface area contributed by atoms with Gasteiger partial charge < -0.3 is 33.5 Å². The van der Waals surface area contributed by atoms with Crippen LogP contribution < -0.4 is 0 Å². The Kier molecular flexibility index (Phi) is 13.6. The number of hydrogen-bond acceptors (Lipinski definition) is 11. The molecular formula is C17H28O11. The first kappa shape index (κ1) is 25.8. The minimum absolute atomic E-state index is 0.0747. The monoisotopic (exact) mass is 408 g/mol. The highest BCUT2D eigenvalue weighted by atomic mass is 16.6. The van der Waals surface area contributed by atoms with Crippen molar-refractivity contribution in [1.82, 2.24) is 0 Å². The molecule has 28 heavy (non-hydrogen) atoms. The SMILES string of the molecule is CC(=O)OCC(COCC(CO)OCC(COC(C)=O)OC(C)=O)OC(C)=O. The Morgan fingerprint density at radius 2 is 1.07 bits per heavy atom. The standard InChI is InChI=1S/C17H28O11/c1-11(19)24-8-16(27-13(3)21)7-23-6-15(5-18)26-10-17(28-14(4)22)9-25-12(2)20/h15-18H,5-10H2,1-4H3. The van der Waals surface area contributed by atoms with E-state index in [1.807, 2.05) is 0 Å². The molecule has 0 aromatic carbocycles. The van der Waals surface area contributed by atoms with E-state index in [0.717, 1.165) is 0 Å². The highest BCUT2D eigenvalue weighted by Gasteiger charge is 2.19. The molecule has 3 atom stereocenters. The molecule has 0 bridgehead atoms. The van der Waals surface area contributed by atoms with Crippen molar-refractivity contribution in [1.29, 1.82) is 0 Å². The molecule has 0 saturated carbocycles. The van der Waals surface area contributed by atoms with Crippen LogP contribution in [0.25, 0.3) is 0 Å². The van der Waals surface area contributed by atoms with E-state index >= 15 is 0 Å². The summed E-state index contributed by atoms with van der Waals surface area (Å²) in [5.41, 5.74) is 0. The minimum Gasteiger partial charge on any atom is -0.462 e. The number of aliphatic hydroxyl groups is 1. The lowest BCUT2D eigenvalue weighted by molar-refractivity contribution is -0.165. The Bertz CT molecular complexity index is 505. The van der Waals surface area contributed by atoms with Crippen molar-refractivity contribution in [2.45, 2.75) is 46.0 Å². The van der Waals surface area contributed by atoms with Crippen LogP contribution in [0.4, 0.5) is 0 Å². The second-order valence-electron chi connectivity index (χ2n) is 5.74. The Morgan fingerprint density at radius 3 is 1.46 bits per heavy atom. The van der Waals surface area contributed by atoms with Gasteiger partial charge in [0.2, 0.25) is 0 Å². The van der Waals surface area contributed by atoms with Gasteiger partial charge in [0.25, 0.3) is 0 Å². The van der Waals surface area contributed by atoms with Crippen LogP contribution >= 0.6 is 0 Å². The zero-order chi connectivity index (χ0) is 21.5. The van der Waals surface area contributed by atoms with Crippen molar-refractivity contribution < 1.29 is 52.7 Å². The topological polar surface area (TPSA) is 144 Å². The summed E-state index contributed by atoms with van der Waals surface area (Å²) in [4.78, 5) is 43.9. The van der Waals surface area contributed by atoms with Crippen molar-refractivity contribution in [3.8, 4) is 0 Å². The first-order chi connectivity index (χ1) is 13.1. The molecule has 0 amide bonds. The molecular weight excluding hydrogens is 380 g/mol. The highest BCUT2D eigenvalue weighted by molar-refractivity contribution is 5.67. The molecule has 0 aromatic heterocycles. The fourth-order valence-corrected chi connectivity index (χ4v) is 1.85. The second-order valence-corrected chi connectivity index (χ2v) is 5.74. The summed E-state index contributed by atoms with van der Waals surface area (Å²) in [6.07, 6.45) is -2.42. The third kappa shape index (κ3) is 14.9. The van der Waals surface area contributed by atoms with Gasteiger partial charge in [0.05, 0.1) is 26.4 Å². The third-order valence-corrected chi connectivity index (χ3v) is 2.94. The van der Waals surface area contributed by atoms with Gasteiger partial charge in [0.15, 0.2) is 12.2 Å². The summed E-state index contributed by atoms with van der Waals surface area (Å²) in [5.74, 6) is -2.21. The predicted molar refractivity (Wildman–Crippen MR) is 92.0 cm³/mol. The van der Waals surface area contributed by atoms with E-state index in [4.69, 9.17) is 28.4 Å². The van der Waals surface area contributed by atoms with E-state index in [9.17, 15) is 24.3 Å². The first-order valence-corrected chi connectivity index (χ1v) is 8.55. The predicted octanol–water partition coefficient (Wildman–Crippen LogP) is -0.630. The number of carbonyl (C=O) groups is 4. The summed E-state index contributed by atoms with van der Waals surface area (Å²) in [5, 5.41) is 9.37. The van der Waals surface area contributed by atoms with Gasteiger partial charge in [-0.2, -0.15) is 0 Å². The van der Waals surface area contributed by atoms with Gasteiger partial charge in [-0.25, -0.2) is 0 Å². The molecule has 162 valence electrons. The Morgan fingerprint density at radius 1 is 0.643 bits per heavy atom. The lowest BCUT2D eigenvalue weighted by Gasteiger charge is -2.22. The minimum atomic E-state index is -0.840. The molecule has 0 aromatic rings. The average Bonchev–Trinajstić information content (AvgIpc) is 2.58. The number of rotatable bonds is 14. The number of aliphatic hydroxyl groups excluding tert-OH is 1. The van der Waals surface area contributed by atoms with Crippen molar-refractivity contribution in [3.63, 3.8) is 0 Å². The maximum Gasteiger partial charge on any atom is 0.303 e. The van der Waals surface area contributed by atoms with Gasteiger partial charge in [-0.1, -0.05) is 0 Å². The van der Waals surface area contributed by atoms with Crippen LogP contribution in [-0.2, 0) is 47.6 Å². The summed E-state index contributed by atoms with van der Waals surface area (Å²) in [6.45, 7) is 3.78. The molecule has 0 aliphatic heterocycles. The van der Waals surface area contributed by atoms with Crippen LogP contribution in [0.2, 0.25) is 0 Å². The van der Waals surface area contributed by atoms with Crippen LogP contribution in [0.3, 0.4) is 0 Å². The van der Waals surface area contributed by atoms with Crippen LogP contribution in [0.15, 0.2) is 0 Å². The summed E-state index contributed by atoms with van der Waals surface area (Å²) >= 11 is 0. The van der Waals surface area contributed by atoms with Crippen LogP contribution in [0.5, 0.6) is 0 Å². The second kappa shape index (κ2) is 14.8. The van der Waals surface area contributed by atoms with Gasteiger partial charge >= 0.3 is 23.9 Å². The molecule has 0 radical (unpaired) electrons. The molecule has 0 fully saturated rings. The zero-order valence-corrected chi connectivity index (χ0v) is 16.5. The quantitative estimate of drug-likeness (QED) is 0.290. The molecule has 0 rings (SSSR count). The molecule has 0 aliphatic rings. The van der Waals surface area contributed by atoms with Crippen LogP contribution in [0, 0.1) is 0 Å². The molecule has 3 unspecified atom stereocenters. The van der Waals surface area contributed by atoms with Gasteiger partial charge in [0.1, 0.15) is 19.3 Å². The molecule has 1 N–H and O–H groups in total. The molecule has 0 aliphatic carbocycles. The lowest BCUT2D eigenvalue weighted by atomic mass is 10.3. The van der Waals surface area contributed by atoms with Gasteiger partial charge in [0, 0.05) is 27.7 Å². The highest BCUT2D eigenvalue weighted by Crippen LogP contribution is 2.03. The maximum atomic E-state index is 11.1. The maximum absolute atomic E-state index is 11.1. The van der Waals surface area contributed by atoms with Gasteiger partial charge in [-0.05, 0) is 0 Å². The van der Waals surface area contributed by atoms with Crippen molar-refractivity contribution in [3.05, 3.63) is 0 Å². The third-order valence-electron chi connectivity index (χ3n) is 2.94. The van der Waals surface area contributed by atoms with Gasteiger partial charge in [-0.3, -0.25) is 19.2 Å².